The summed E-state index contributed by atoms with van der Waals surface area (Å²) in [6.45, 7) is 0.193. The molecule has 1 heterocycles. The molecular weight excluding hydrogens is 342 g/mol. The minimum absolute atomic E-state index is 0.0707. The van der Waals surface area contributed by atoms with E-state index in [4.69, 9.17) is 5.11 Å². The van der Waals surface area contributed by atoms with Crippen LogP contribution in [-0.4, -0.2) is 61.4 Å². The fourth-order valence-electron chi connectivity index (χ4n) is 2.89. The fourth-order valence-corrected chi connectivity index (χ4v) is 4.46. The van der Waals surface area contributed by atoms with Crippen molar-refractivity contribution in [1.82, 2.24) is 9.21 Å². The van der Waals surface area contributed by atoms with Gasteiger partial charge < -0.3 is 5.11 Å². The zero-order valence-electron chi connectivity index (χ0n) is 13.3. The lowest BCUT2D eigenvalue weighted by molar-refractivity contribution is -0.138. The summed E-state index contributed by atoms with van der Waals surface area (Å²) in [6.07, 6.45) is 1.59. The van der Waals surface area contributed by atoms with Gasteiger partial charge >= 0.3 is 5.97 Å². The molecule has 1 aliphatic rings. The molecule has 0 aliphatic carbocycles. The summed E-state index contributed by atoms with van der Waals surface area (Å²) in [7, 11) is -2.45. The number of sulfonamides is 1. The number of aliphatic carboxylic acids is 1. The summed E-state index contributed by atoms with van der Waals surface area (Å²) in [5.41, 5.74) is 0. The van der Waals surface area contributed by atoms with E-state index in [2.05, 4.69) is 0 Å². The molecule has 1 unspecified atom stereocenters. The van der Waals surface area contributed by atoms with Gasteiger partial charge in [-0.05, 0) is 44.5 Å². The SMILES string of the molecule is CN(CC(=O)O)C1CCCN(S(=O)(=O)c2cc(F)ccc2F)CC1. The quantitative estimate of drug-likeness (QED) is 0.859. The highest BCUT2D eigenvalue weighted by atomic mass is 32.2. The van der Waals surface area contributed by atoms with E-state index >= 15 is 0 Å². The molecule has 1 atom stereocenters. The van der Waals surface area contributed by atoms with Crippen LogP contribution in [0.4, 0.5) is 8.78 Å². The molecule has 134 valence electrons. The van der Waals surface area contributed by atoms with Crippen LogP contribution in [0.3, 0.4) is 0 Å². The number of carboxylic acids is 1. The Hall–Kier alpha value is -1.58. The van der Waals surface area contributed by atoms with E-state index < -0.39 is 32.5 Å². The average Bonchev–Trinajstić information content (AvgIpc) is 2.75. The van der Waals surface area contributed by atoms with Crippen molar-refractivity contribution in [1.29, 1.82) is 0 Å². The number of benzene rings is 1. The third-order valence-corrected chi connectivity index (χ3v) is 6.09. The van der Waals surface area contributed by atoms with Gasteiger partial charge in [0.1, 0.15) is 16.5 Å². The summed E-state index contributed by atoms with van der Waals surface area (Å²) < 4.78 is 53.4. The van der Waals surface area contributed by atoms with Gasteiger partial charge in [0, 0.05) is 19.1 Å². The van der Waals surface area contributed by atoms with Crippen LogP contribution in [0.1, 0.15) is 19.3 Å². The highest BCUT2D eigenvalue weighted by Gasteiger charge is 2.31. The molecule has 1 saturated heterocycles. The van der Waals surface area contributed by atoms with E-state index in [1.165, 1.54) is 0 Å². The van der Waals surface area contributed by atoms with Crippen molar-refractivity contribution in [2.45, 2.75) is 30.2 Å². The summed E-state index contributed by atoms with van der Waals surface area (Å²) in [5.74, 6) is -2.75. The maximum absolute atomic E-state index is 13.8. The van der Waals surface area contributed by atoms with Gasteiger partial charge in [0.05, 0.1) is 6.54 Å². The minimum Gasteiger partial charge on any atom is -0.480 e. The van der Waals surface area contributed by atoms with Gasteiger partial charge in [-0.25, -0.2) is 17.2 Å². The predicted octanol–water partition coefficient (Wildman–Crippen LogP) is 1.52. The lowest BCUT2D eigenvalue weighted by Gasteiger charge is -2.25. The summed E-state index contributed by atoms with van der Waals surface area (Å²) >= 11 is 0. The molecule has 1 aromatic carbocycles. The molecule has 6 nitrogen and oxygen atoms in total. The molecule has 1 N–H and O–H groups in total. The smallest absolute Gasteiger partial charge is 0.317 e. The van der Waals surface area contributed by atoms with Crippen LogP contribution in [0.25, 0.3) is 0 Å². The third kappa shape index (κ3) is 4.28. The Morgan fingerprint density at radius 2 is 2.04 bits per heavy atom. The van der Waals surface area contributed by atoms with Crippen molar-refractivity contribution < 1.29 is 27.1 Å². The first-order valence-corrected chi connectivity index (χ1v) is 9.03. The highest BCUT2D eigenvalue weighted by molar-refractivity contribution is 7.89. The molecule has 0 amide bonds. The van der Waals surface area contributed by atoms with Crippen LogP contribution >= 0.6 is 0 Å². The Kier molecular flexibility index (Phi) is 5.89. The van der Waals surface area contributed by atoms with Crippen LogP contribution in [0.15, 0.2) is 23.1 Å². The molecule has 2 rings (SSSR count). The molecule has 0 spiro atoms. The largest absolute Gasteiger partial charge is 0.480 e. The topological polar surface area (TPSA) is 77.9 Å². The lowest BCUT2D eigenvalue weighted by atomic mass is 10.1. The van der Waals surface area contributed by atoms with Gasteiger partial charge in [0.15, 0.2) is 0 Å². The second kappa shape index (κ2) is 7.54. The summed E-state index contributed by atoms with van der Waals surface area (Å²) in [4.78, 5) is 11.8. The van der Waals surface area contributed by atoms with Crippen LogP contribution in [0.2, 0.25) is 0 Å². The number of likely N-dealkylation sites (N-methyl/N-ethyl adjacent to an activating group) is 1. The second-order valence-corrected chi connectivity index (χ2v) is 7.78. The van der Waals surface area contributed by atoms with Gasteiger partial charge in [-0.15, -0.1) is 0 Å². The molecule has 1 aliphatic heterocycles. The maximum atomic E-state index is 13.8. The highest BCUT2D eigenvalue weighted by Crippen LogP contribution is 2.24. The second-order valence-electron chi connectivity index (χ2n) is 5.87. The third-order valence-electron chi connectivity index (χ3n) is 4.18. The number of hydrogen-bond donors (Lipinski definition) is 1. The number of hydrogen-bond acceptors (Lipinski definition) is 4. The lowest BCUT2D eigenvalue weighted by Crippen LogP contribution is -2.37. The van der Waals surface area contributed by atoms with Crippen LogP contribution in [0, 0.1) is 11.6 Å². The number of carboxylic acid groups (broad SMARTS) is 1. The van der Waals surface area contributed by atoms with E-state index in [0.717, 1.165) is 16.4 Å². The molecule has 1 fully saturated rings. The van der Waals surface area contributed by atoms with Gasteiger partial charge in [-0.1, -0.05) is 0 Å². The molecule has 24 heavy (non-hydrogen) atoms. The molecule has 9 heteroatoms. The normalized spacial score (nSPS) is 20.1. The number of nitrogens with zero attached hydrogens (tertiary/aromatic N) is 2. The van der Waals surface area contributed by atoms with Crippen LogP contribution in [-0.2, 0) is 14.8 Å². The molecule has 0 radical (unpaired) electrons. The standard InChI is InChI=1S/C15H20F2N2O4S/c1-18(10-15(20)21)12-3-2-7-19(8-6-12)24(22,23)14-9-11(16)4-5-13(14)17/h4-5,9,12H,2-3,6-8,10H2,1H3,(H,20,21). The van der Waals surface area contributed by atoms with Crippen molar-refractivity contribution in [2.24, 2.45) is 0 Å². The van der Waals surface area contributed by atoms with E-state index in [0.29, 0.717) is 25.3 Å². The average molecular weight is 362 g/mol. The van der Waals surface area contributed by atoms with Crippen molar-refractivity contribution in [3.63, 3.8) is 0 Å². The van der Waals surface area contributed by atoms with Crippen molar-refractivity contribution in [3.05, 3.63) is 29.8 Å². The van der Waals surface area contributed by atoms with Crippen LogP contribution in [0.5, 0.6) is 0 Å². The number of halogens is 2. The van der Waals surface area contributed by atoms with Crippen molar-refractivity contribution in [3.8, 4) is 0 Å². The number of rotatable bonds is 5. The molecule has 0 saturated carbocycles. The maximum Gasteiger partial charge on any atom is 0.317 e. The molecule has 0 bridgehead atoms. The molecular formula is C15H20F2N2O4S. The van der Waals surface area contributed by atoms with E-state index in [-0.39, 0.29) is 25.7 Å². The van der Waals surface area contributed by atoms with Crippen molar-refractivity contribution >= 4 is 16.0 Å². The first-order valence-electron chi connectivity index (χ1n) is 7.59. The summed E-state index contributed by atoms with van der Waals surface area (Å²) in [5, 5.41) is 8.85. The van der Waals surface area contributed by atoms with E-state index in [1.54, 1.807) is 11.9 Å². The Morgan fingerprint density at radius 1 is 1.33 bits per heavy atom. The van der Waals surface area contributed by atoms with E-state index in [1.807, 2.05) is 0 Å². The predicted molar refractivity (Wildman–Crippen MR) is 83.0 cm³/mol. The Bertz CT molecular complexity index is 711. The van der Waals surface area contributed by atoms with Gasteiger partial charge in [-0.2, -0.15) is 4.31 Å². The zero-order chi connectivity index (χ0) is 17.9. The molecule has 1 aromatic rings. The van der Waals surface area contributed by atoms with Gasteiger partial charge in [0.25, 0.3) is 0 Å². The van der Waals surface area contributed by atoms with E-state index in [9.17, 15) is 22.0 Å². The van der Waals surface area contributed by atoms with Gasteiger partial charge in [0.2, 0.25) is 10.0 Å². The Morgan fingerprint density at radius 3 is 2.71 bits per heavy atom. The first kappa shape index (κ1) is 18.8. The molecule has 0 aromatic heterocycles. The summed E-state index contributed by atoms with van der Waals surface area (Å²) in [6, 6.07) is 2.28. The number of carbonyl (C=O) groups is 1. The monoisotopic (exact) mass is 362 g/mol. The minimum atomic E-state index is -4.13. The van der Waals surface area contributed by atoms with Gasteiger partial charge in [-0.3, -0.25) is 9.69 Å². The Labute approximate surface area is 139 Å². The Balaban J connectivity index is 2.15. The zero-order valence-corrected chi connectivity index (χ0v) is 14.1. The first-order chi connectivity index (χ1) is 11.2. The van der Waals surface area contributed by atoms with Crippen molar-refractivity contribution in [2.75, 3.05) is 26.7 Å². The fraction of sp³-hybridized carbons (Fsp3) is 0.533. The van der Waals surface area contributed by atoms with Crippen LogP contribution < -0.4 is 0 Å².